The highest BCUT2D eigenvalue weighted by Crippen LogP contribution is 2.26. The molecule has 5 nitrogen and oxygen atoms in total. The molecular formula is C18H19ClFN3O2. The van der Waals surface area contributed by atoms with Crippen LogP contribution in [0.2, 0.25) is 5.15 Å². The van der Waals surface area contributed by atoms with E-state index in [-0.39, 0.29) is 22.9 Å². The van der Waals surface area contributed by atoms with Crippen molar-refractivity contribution in [1.29, 1.82) is 0 Å². The Balaban J connectivity index is 1.76. The molecule has 2 atom stereocenters. The van der Waals surface area contributed by atoms with Gasteiger partial charge in [0.05, 0.1) is 23.5 Å². The number of nitrogens with one attached hydrogen (secondary N) is 1. The smallest absolute Gasteiger partial charge is 0.258 e. The van der Waals surface area contributed by atoms with Crippen molar-refractivity contribution in [2.75, 3.05) is 23.3 Å². The second-order valence-electron chi connectivity index (χ2n) is 6.12. The number of aromatic nitrogens is 1. The summed E-state index contributed by atoms with van der Waals surface area (Å²) in [5.74, 6) is -0.824. The van der Waals surface area contributed by atoms with Crippen LogP contribution in [0.5, 0.6) is 0 Å². The summed E-state index contributed by atoms with van der Waals surface area (Å²) in [4.78, 5) is 18.1. The number of amides is 1. The lowest BCUT2D eigenvalue weighted by Crippen LogP contribution is -2.45. The highest BCUT2D eigenvalue weighted by molar-refractivity contribution is 6.33. The molecule has 0 unspecified atom stereocenters. The van der Waals surface area contributed by atoms with E-state index < -0.39 is 11.7 Å². The van der Waals surface area contributed by atoms with Gasteiger partial charge in [-0.2, -0.15) is 0 Å². The summed E-state index contributed by atoms with van der Waals surface area (Å²) < 4.78 is 20.2. The number of halogens is 2. The fourth-order valence-electron chi connectivity index (χ4n) is 2.97. The van der Waals surface area contributed by atoms with Gasteiger partial charge >= 0.3 is 0 Å². The lowest BCUT2D eigenvalue weighted by molar-refractivity contribution is -0.00539. The first-order valence-electron chi connectivity index (χ1n) is 8.06. The maximum Gasteiger partial charge on any atom is 0.258 e. The number of ether oxygens (including phenoxy) is 1. The van der Waals surface area contributed by atoms with Gasteiger partial charge < -0.3 is 15.0 Å². The van der Waals surface area contributed by atoms with Crippen molar-refractivity contribution in [2.24, 2.45) is 0 Å². The van der Waals surface area contributed by atoms with Crippen molar-refractivity contribution in [1.82, 2.24) is 4.98 Å². The number of benzene rings is 1. The number of nitrogens with zero attached hydrogens (tertiary/aromatic N) is 2. The number of carbonyl (C=O) groups is 1. The molecule has 1 N–H and O–H groups in total. The van der Waals surface area contributed by atoms with Gasteiger partial charge in [0.15, 0.2) is 0 Å². The highest BCUT2D eigenvalue weighted by atomic mass is 35.5. The van der Waals surface area contributed by atoms with Crippen LogP contribution < -0.4 is 10.2 Å². The second kappa shape index (κ2) is 7.37. The molecule has 0 spiro atoms. The van der Waals surface area contributed by atoms with E-state index in [0.29, 0.717) is 24.5 Å². The van der Waals surface area contributed by atoms with Gasteiger partial charge in [0.2, 0.25) is 0 Å². The molecule has 2 aromatic rings. The first kappa shape index (κ1) is 17.6. The van der Waals surface area contributed by atoms with Crippen LogP contribution in [0.4, 0.5) is 15.8 Å². The van der Waals surface area contributed by atoms with Crippen molar-refractivity contribution in [3.8, 4) is 0 Å². The molecule has 25 heavy (non-hydrogen) atoms. The van der Waals surface area contributed by atoms with Crippen LogP contribution in [0.3, 0.4) is 0 Å². The van der Waals surface area contributed by atoms with Crippen molar-refractivity contribution < 1.29 is 13.9 Å². The van der Waals surface area contributed by atoms with E-state index in [9.17, 15) is 9.18 Å². The molecule has 0 saturated carbocycles. The van der Waals surface area contributed by atoms with Gasteiger partial charge in [-0.1, -0.05) is 11.6 Å². The Morgan fingerprint density at radius 2 is 2.04 bits per heavy atom. The number of morpholine rings is 1. The van der Waals surface area contributed by atoms with E-state index in [1.807, 2.05) is 18.7 Å². The van der Waals surface area contributed by atoms with Gasteiger partial charge in [-0.3, -0.25) is 4.79 Å². The largest absolute Gasteiger partial charge is 0.372 e. The van der Waals surface area contributed by atoms with E-state index in [1.54, 1.807) is 24.3 Å². The van der Waals surface area contributed by atoms with E-state index in [4.69, 9.17) is 16.3 Å². The maximum atomic E-state index is 14.5. The zero-order valence-corrected chi connectivity index (χ0v) is 14.8. The van der Waals surface area contributed by atoms with E-state index >= 15 is 0 Å². The Kier molecular flexibility index (Phi) is 5.20. The van der Waals surface area contributed by atoms with E-state index in [2.05, 4.69) is 10.3 Å². The summed E-state index contributed by atoms with van der Waals surface area (Å²) >= 11 is 5.91. The number of rotatable bonds is 3. The quantitative estimate of drug-likeness (QED) is 0.844. The maximum absolute atomic E-state index is 14.5. The van der Waals surface area contributed by atoms with Gasteiger partial charge in [0.1, 0.15) is 11.0 Å². The summed E-state index contributed by atoms with van der Waals surface area (Å²) in [6, 6.07) is 7.82. The van der Waals surface area contributed by atoms with E-state index in [0.717, 1.165) is 0 Å². The Labute approximate surface area is 150 Å². The third kappa shape index (κ3) is 4.08. The van der Waals surface area contributed by atoms with Gasteiger partial charge in [-0.15, -0.1) is 0 Å². The fourth-order valence-corrected chi connectivity index (χ4v) is 3.17. The predicted molar refractivity (Wildman–Crippen MR) is 95.8 cm³/mol. The van der Waals surface area contributed by atoms with Crippen LogP contribution in [0.1, 0.15) is 24.2 Å². The summed E-state index contributed by atoms with van der Waals surface area (Å²) in [7, 11) is 0. The molecule has 2 heterocycles. The minimum absolute atomic E-state index is 0.0373. The minimum Gasteiger partial charge on any atom is -0.372 e. The summed E-state index contributed by atoms with van der Waals surface area (Å²) in [6.45, 7) is 5.18. The van der Waals surface area contributed by atoms with Crippen LogP contribution in [0, 0.1) is 5.82 Å². The van der Waals surface area contributed by atoms with Crippen molar-refractivity contribution >= 4 is 28.9 Å². The monoisotopic (exact) mass is 363 g/mol. The molecule has 0 radical (unpaired) electrons. The second-order valence-corrected chi connectivity index (χ2v) is 6.48. The predicted octanol–water partition coefficient (Wildman–Crippen LogP) is 3.74. The normalized spacial score (nSPS) is 20.4. The molecule has 1 aliphatic heterocycles. The molecular weight excluding hydrogens is 345 g/mol. The summed E-state index contributed by atoms with van der Waals surface area (Å²) in [6.07, 6.45) is 1.57. The van der Waals surface area contributed by atoms with Crippen LogP contribution in [0.25, 0.3) is 0 Å². The van der Waals surface area contributed by atoms with Gasteiger partial charge in [0.25, 0.3) is 5.91 Å². The topological polar surface area (TPSA) is 54.5 Å². The zero-order chi connectivity index (χ0) is 18.0. The van der Waals surface area contributed by atoms with Crippen LogP contribution in [-0.4, -0.2) is 36.2 Å². The first-order valence-corrected chi connectivity index (χ1v) is 8.43. The molecule has 1 aromatic heterocycles. The molecule has 0 aliphatic carbocycles. The fraction of sp³-hybridized carbons (Fsp3) is 0.333. The molecule has 1 amide bonds. The zero-order valence-electron chi connectivity index (χ0n) is 14.0. The van der Waals surface area contributed by atoms with Crippen LogP contribution >= 0.6 is 11.6 Å². The summed E-state index contributed by atoms with van der Waals surface area (Å²) in [5.41, 5.74) is 1.10. The number of pyridine rings is 1. The Morgan fingerprint density at radius 3 is 2.68 bits per heavy atom. The third-order valence-corrected chi connectivity index (χ3v) is 4.27. The Hall–Kier alpha value is -2.18. The number of hydrogen-bond acceptors (Lipinski definition) is 4. The molecule has 132 valence electrons. The molecule has 1 aromatic carbocycles. The Morgan fingerprint density at radius 1 is 1.32 bits per heavy atom. The van der Waals surface area contributed by atoms with Gasteiger partial charge in [0, 0.05) is 25.0 Å². The average molecular weight is 364 g/mol. The standard InChI is InChI=1S/C18H19ClFN3O2/c1-11-9-23(10-12(2)25-11)16-6-5-13(8-15(16)20)22-18(24)14-4-3-7-21-17(14)19/h3-8,11-12H,9-10H2,1-2H3,(H,22,24)/t11-,12-/m0/s1. The van der Waals surface area contributed by atoms with Crippen LogP contribution in [0.15, 0.2) is 36.5 Å². The van der Waals surface area contributed by atoms with Crippen LogP contribution in [-0.2, 0) is 4.74 Å². The SMILES string of the molecule is C[C@H]1CN(c2ccc(NC(=O)c3cccnc3Cl)cc2F)C[C@H](C)O1. The van der Waals surface area contributed by atoms with Gasteiger partial charge in [-0.05, 0) is 44.2 Å². The van der Waals surface area contributed by atoms with Crippen molar-refractivity contribution in [2.45, 2.75) is 26.1 Å². The molecule has 3 rings (SSSR count). The molecule has 7 heteroatoms. The number of hydrogen-bond donors (Lipinski definition) is 1. The average Bonchev–Trinajstić information content (AvgIpc) is 2.54. The molecule has 0 bridgehead atoms. The molecule has 1 saturated heterocycles. The molecule has 1 fully saturated rings. The lowest BCUT2D eigenvalue weighted by Gasteiger charge is -2.37. The highest BCUT2D eigenvalue weighted by Gasteiger charge is 2.24. The Bertz CT molecular complexity index is 777. The number of anilines is 2. The third-order valence-electron chi connectivity index (χ3n) is 3.97. The number of carbonyl (C=O) groups excluding carboxylic acids is 1. The molecule has 1 aliphatic rings. The minimum atomic E-state index is -0.432. The van der Waals surface area contributed by atoms with Crippen molar-refractivity contribution in [3.63, 3.8) is 0 Å². The van der Waals surface area contributed by atoms with E-state index in [1.165, 1.54) is 12.3 Å². The lowest BCUT2D eigenvalue weighted by atomic mass is 10.1. The van der Waals surface area contributed by atoms with Gasteiger partial charge in [-0.25, -0.2) is 9.37 Å². The summed E-state index contributed by atoms with van der Waals surface area (Å²) in [5, 5.41) is 2.75. The first-order chi connectivity index (χ1) is 11.9. The van der Waals surface area contributed by atoms with Crippen molar-refractivity contribution in [3.05, 3.63) is 53.1 Å².